The fourth-order valence-corrected chi connectivity index (χ4v) is 1.62. The number of carbonyl (C=O) groups excluding carboxylic acids is 1. The highest BCUT2D eigenvalue weighted by Gasteiger charge is 2.05. The van der Waals surface area contributed by atoms with Crippen LogP contribution in [-0.4, -0.2) is 19.0 Å². The van der Waals surface area contributed by atoms with E-state index in [2.05, 4.69) is 17.6 Å². The third-order valence-electron chi connectivity index (χ3n) is 2.69. The fourth-order valence-electron chi connectivity index (χ4n) is 1.62. The highest BCUT2D eigenvalue weighted by Crippen LogP contribution is 2.13. The van der Waals surface area contributed by atoms with Crippen LogP contribution >= 0.6 is 0 Å². The van der Waals surface area contributed by atoms with Crippen LogP contribution in [0.25, 0.3) is 0 Å². The molecule has 1 amide bonds. The molecule has 0 bridgehead atoms. The number of anilines is 1. The number of halogens is 2. The third-order valence-corrected chi connectivity index (χ3v) is 2.69. The van der Waals surface area contributed by atoms with E-state index >= 15 is 0 Å². The molecule has 2 N–H and O–H groups in total. The van der Waals surface area contributed by atoms with Crippen molar-refractivity contribution in [2.24, 2.45) is 0 Å². The van der Waals surface area contributed by atoms with Crippen molar-refractivity contribution in [3.8, 4) is 0 Å². The number of hydrogen-bond donors (Lipinski definition) is 2. The van der Waals surface area contributed by atoms with Gasteiger partial charge in [-0.3, -0.25) is 4.79 Å². The summed E-state index contributed by atoms with van der Waals surface area (Å²) in [6.07, 6.45) is 3.75. The van der Waals surface area contributed by atoms with Crippen LogP contribution in [0.4, 0.5) is 14.5 Å². The van der Waals surface area contributed by atoms with Crippen molar-refractivity contribution in [2.75, 3.05) is 18.4 Å². The zero-order valence-electron chi connectivity index (χ0n) is 11.1. The first kappa shape index (κ1) is 15.6. The smallest absolute Gasteiger partial charge is 0.225 e. The van der Waals surface area contributed by atoms with Gasteiger partial charge in [-0.1, -0.05) is 19.8 Å². The lowest BCUT2D eigenvalue weighted by Gasteiger charge is -2.06. The maximum absolute atomic E-state index is 12.9. The molecule has 0 aliphatic heterocycles. The minimum absolute atomic E-state index is 0.214. The molecule has 0 fully saturated rings. The molecule has 1 rings (SSSR count). The quantitative estimate of drug-likeness (QED) is 0.713. The summed E-state index contributed by atoms with van der Waals surface area (Å²) in [5.41, 5.74) is 0.273. The third kappa shape index (κ3) is 6.29. The molecule has 5 heteroatoms. The highest BCUT2D eigenvalue weighted by molar-refractivity contribution is 5.90. The summed E-state index contributed by atoms with van der Waals surface area (Å²) in [6, 6.07) is 3.31. The summed E-state index contributed by atoms with van der Waals surface area (Å²) in [5, 5.41) is 5.69. The monoisotopic (exact) mass is 270 g/mol. The summed E-state index contributed by atoms with van der Waals surface area (Å²) in [7, 11) is 0. The molecule has 0 saturated heterocycles. The zero-order chi connectivity index (χ0) is 14.1. The molecular formula is C14H20F2N2O. The van der Waals surface area contributed by atoms with E-state index in [0.717, 1.165) is 31.5 Å². The van der Waals surface area contributed by atoms with Gasteiger partial charge in [0.05, 0.1) is 0 Å². The minimum atomic E-state index is -0.963. The second kappa shape index (κ2) is 8.58. The number of nitrogens with one attached hydrogen (secondary N) is 2. The molecule has 106 valence electrons. The number of amides is 1. The number of rotatable bonds is 8. The van der Waals surface area contributed by atoms with Gasteiger partial charge in [-0.2, -0.15) is 0 Å². The van der Waals surface area contributed by atoms with Gasteiger partial charge in [0.2, 0.25) is 5.91 Å². The second-order valence-corrected chi connectivity index (χ2v) is 4.38. The van der Waals surface area contributed by atoms with Crippen LogP contribution in [0, 0.1) is 11.6 Å². The molecule has 0 aliphatic rings. The molecule has 0 atom stereocenters. The van der Waals surface area contributed by atoms with Crippen LogP contribution in [0.3, 0.4) is 0 Å². The van der Waals surface area contributed by atoms with Gasteiger partial charge in [0, 0.05) is 24.7 Å². The van der Waals surface area contributed by atoms with Gasteiger partial charge in [-0.25, -0.2) is 8.78 Å². The Morgan fingerprint density at radius 1 is 1.16 bits per heavy atom. The lowest BCUT2D eigenvalue weighted by atomic mass is 10.2. The van der Waals surface area contributed by atoms with Crippen LogP contribution in [0.2, 0.25) is 0 Å². The molecular weight excluding hydrogens is 250 g/mol. The SMILES string of the molecule is CCCCCNCCC(=O)Nc1ccc(F)c(F)c1. The van der Waals surface area contributed by atoms with Crippen LogP contribution in [0.5, 0.6) is 0 Å². The molecule has 0 aromatic heterocycles. The summed E-state index contributed by atoms with van der Waals surface area (Å²) in [4.78, 5) is 11.5. The predicted molar refractivity (Wildman–Crippen MR) is 72.0 cm³/mol. The van der Waals surface area contributed by atoms with Crippen molar-refractivity contribution in [3.05, 3.63) is 29.8 Å². The largest absolute Gasteiger partial charge is 0.326 e. The van der Waals surface area contributed by atoms with Gasteiger partial charge in [-0.15, -0.1) is 0 Å². The van der Waals surface area contributed by atoms with E-state index in [-0.39, 0.29) is 11.6 Å². The Morgan fingerprint density at radius 2 is 1.95 bits per heavy atom. The standard InChI is InChI=1S/C14H20F2N2O/c1-2-3-4-8-17-9-7-14(19)18-11-5-6-12(15)13(16)10-11/h5-6,10,17H,2-4,7-9H2,1H3,(H,18,19). The Morgan fingerprint density at radius 3 is 2.63 bits per heavy atom. The van der Waals surface area contributed by atoms with Crippen LogP contribution < -0.4 is 10.6 Å². The first-order chi connectivity index (χ1) is 9.13. The molecule has 1 aromatic rings. The minimum Gasteiger partial charge on any atom is -0.326 e. The summed E-state index contributed by atoms with van der Waals surface area (Å²) in [5.74, 6) is -2.10. The van der Waals surface area contributed by atoms with E-state index in [1.807, 2.05) is 0 Å². The van der Waals surface area contributed by atoms with E-state index in [1.165, 1.54) is 12.5 Å². The number of benzene rings is 1. The zero-order valence-corrected chi connectivity index (χ0v) is 11.1. The van der Waals surface area contributed by atoms with Crippen LogP contribution in [0.15, 0.2) is 18.2 Å². The Bertz CT molecular complexity index is 410. The van der Waals surface area contributed by atoms with E-state index in [0.29, 0.717) is 13.0 Å². The molecule has 0 heterocycles. The first-order valence-corrected chi connectivity index (χ1v) is 6.59. The Kier molecular flexibility index (Phi) is 7.03. The Balaban J connectivity index is 2.21. The van der Waals surface area contributed by atoms with E-state index < -0.39 is 11.6 Å². The van der Waals surface area contributed by atoms with Crippen LogP contribution in [-0.2, 0) is 4.79 Å². The van der Waals surface area contributed by atoms with Crippen molar-refractivity contribution in [3.63, 3.8) is 0 Å². The molecule has 0 radical (unpaired) electrons. The van der Waals surface area contributed by atoms with E-state index in [1.54, 1.807) is 0 Å². The molecule has 1 aromatic carbocycles. The van der Waals surface area contributed by atoms with Gasteiger partial charge in [0.25, 0.3) is 0 Å². The highest BCUT2D eigenvalue weighted by atomic mass is 19.2. The van der Waals surface area contributed by atoms with Gasteiger partial charge < -0.3 is 10.6 Å². The van der Waals surface area contributed by atoms with Gasteiger partial charge in [0.15, 0.2) is 11.6 Å². The summed E-state index contributed by atoms with van der Waals surface area (Å²) in [6.45, 7) is 3.61. The summed E-state index contributed by atoms with van der Waals surface area (Å²) < 4.78 is 25.6. The van der Waals surface area contributed by atoms with Crippen molar-refractivity contribution in [1.29, 1.82) is 0 Å². The van der Waals surface area contributed by atoms with Crippen molar-refractivity contribution >= 4 is 11.6 Å². The molecule has 0 unspecified atom stereocenters. The molecule has 0 saturated carbocycles. The predicted octanol–water partition coefficient (Wildman–Crippen LogP) is 3.07. The molecule has 0 spiro atoms. The van der Waals surface area contributed by atoms with E-state index in [4.69, 9.17) is 0 Å². The normalized spacial score (nSPS) is 10.5. The van der Waals surface area contributed by atoms with Crippen molar-refractivity contribution in [1.82, 2.24) is 5.32 Å². The Labute approximate surface area is 112 Å². The number of hydrogen-bond acceptors (Lipinski definition) is 2. The molecule has 0 aliphatic carbocycles. The second-order valence-electron chi connectivity index (χ2n) is 4.38. The average Bonchev–Trinajstić information content (AvgIpc) is 2.38. The summed E-state index contributed by atoms with van der Waals surface area (Å²) >= 11 is 0. The first-order valence-electron chi connectivity index (χ1n) is 6.59. The number of unbranched alkanes of at least 4 members (excludes halogenated alkanes) is 2. The van der Waals surface area contributed by atoms with Crippen molar-refractivity contribution in [2.45, 2.75) is 32.6 Å². The van der Waals surface area contributed by atoms with Gasteiger partial charge >= 0.3 is 0 Å². The van der Waals surface area contributed by atoms with Gasteiger partial charge in [0.1, 0.15) is 0 Å². The number of carbonyl (C=O) groups is 1. The maximum Gasteiger partial charge on any atom is 0.225 e. The maximum atomic E-state index is 12.9. The lowest BCUT2D eigenvalue weighted by Crippen LogP contribution is -2.22. The molecule has 3 nitrogen and oxygen atoms in total. The lowest BCUT2D eigenvalue weighted by molar-refractivity contribution is -0.116. The average molecular weight is 270 g/mol. The van der Waals surface area contributed by atoms with E-state index in [9.17, 15) is 13.6 Å². The Hall–Kier alpha value is -1.49. The van der Waals surface area contributed by atoms with Crippen LogP contribution in [0.1, 0.15) is 32.6 Å². The van der Waals surface area contributed by atoms with Gasteiger partial charge in [-0.05, 0) is 25.1 Å². The fraction of sp³-hybridized carbons (Fsp3) is 0.500. The molecule has 19 heavy (non-hydrogen) atoms. The topological polar surface area (TPSA) is 41.1 Å². The van der Waals surface area contributed by atoms with Crippen molar-refractivity contribution < 1.29 is 13.6 Å².